The predicted octanol–water partition coefficient (Wildman–Crippen LogP) is 4.00. The zero-order valence-corrected chi connectivity index (χ0v) is 13.1. The molecule has 0 unspecified atom stereocenters. The monoisotopic (exact) mass is 312 g/mol. The zero-order valence-electron chi connectivity index (χ0n) is 13.1. The highest BCUT2D eigenvalue weighted by Gasteiger charge is 2.11. The van der Waals surface area contributed by atoms with Crippen molar-refractivity contribution in [2.45, 2.75) is 25.7 Å². The molecule has 1 aliphatic heterocycles. The first kappa shape index (κ1) is 15.5. The molecule has 0 radical (unpaired) electrons. The molecular weight excluding hydrogens is 291 g/mol. The summed E-state index contributed by atoms with van der Waals surface area (Å²) < 4.78 is 12.8. The van der Waals surface area contributed by atoms with Gasteiger partial charge in [-0.25, -0.2) is 4.39 Å². The predicted molar refractivity (Wildman–Crippen MR) is 91.2 cm³/mol. The van der Waals surface area contributed by atoms with E-state index in [1.54, 1.807) is 12.1 Å². The average Bonchev–Trinajstić information content (AvgIpc) is 2.58. The Morgan fingerprint density at radius 1 is 0.957 bits per heavy atom. The van der Waals surface area contributed by atoms with Gasteiger partial charge in [0, 0.05) is 24.5 Å². The number of hydrogen-bond donors (Lipinski definition) is 1. The molecule has 0 saturated carbocycles. The second-order valence-electron chi connectivity index (χ2n) is 5.95. The molecule has 2 aromatic carbocycles. The first-order valence-corrected chi connectivity index (χ1v) is 8.10. The number of nitrogens with zero attached hydrogens (tertiary/aromatic N) is 1. The van der Waals surface area contributed by atoms with Crippen LogP contribution in [0.25, 0.3) is 0 Å². The minimum Gasteiger partial charge on any atom is -0.372 e. The topological polar surface area (TPSA) is 32.3 Å². The number of benzene rings is 2. The summed E-state index contributed by atoms with van der Waals surface area (Å²) in [5.74, 6) is -0.404. The number of anilines is 2. The van der Waals surface area contributed by atoms with E-state index in [0.29, 0.717) is 12.1 Å². The first-order valence-electron chi connectivity index (χ1n) is 8.10. The molecule has 2 aromatic rings. The lowest BCUT2D eigenvalue weighted by molar-refractivity contribution is -0.115. The molecule has 23 heavy (non-hydrogen) atoms. The molecule has 1 heterocycles. The van der Waals surface area contributed by atoms with Gasteiger partial charge in [-0.3, -0.25) is 4.79 Å². The van der Waals surface area contributed by atoms with Crippen LogP contribution in [0.4, 0.5) is 15.8 Å². The fourth-order valence-corrected chi connectivity index (χ4v) is 2.90. The van der Waals surface area contributed by atoms with E-state index in [9.17, 15) is 9.18 Å². The van der Waals surface area contributed by atoms with Gasteiger partial charge in [-0.05, 0) is 61.2 Å². The third-order valence-corrected chi connectivity index (χ3v) is 4.15. The van der Waals surface area contributed by atoms with E-state index in [0.717, 1.165) is 18.7 Å². The average molecular weight is 312 g/mol. The van der Waals surface area contributed by atoms with Crippen LogP contribution in [0.1, 0.15) is 24.8 Å². The van der Waals surface area contributed by atoms with Crippen LogP contribution in [0.5, 0.6) is 0 Å². The number of halogens is 1. The van der Waals surface area contributed by atoms with Crippen molar-refractivity contribution in [3.8, 4) is 0 Å². The molecule has 120 valence electrons. The maximum absolute atomic E-state index is 12.8. The lowest BCUT2D eigenvalue weighted by Crippen LogP contribution is -2.29. The van der Waals surface area contributed by atoms with E-state index >= 15 is 0 Å². The molecule has 0 aliphatic carbocycles. The summed E-state index contributed by atoms with van der Waals surface area (Å²) >= 11 is 0. The Morgan fingerprint density at radius 3 is 2.26 bits per heavy atom. The molecule has 1 saturated heterocycles. The van der Waals surface area contributed by atoms with Crippen molar-refractivity contribution in [1.29, 1.82) is 0 Å². The van der Waals surface area contributed by atoms with Gasteiger partial charge < -0.3 is 10.2 Å². The Bertz CT molecular complexity index is 646. The van der Waals surface area contributed by atoms with E-state index in [1.807, 2.05) is 12.1 Å². The fraction of sp³-hybridized carbons (Fsp3) is 0.316. The fourth-order valence-electron chi connectivity index (χ4n) is 2.90. The standard InChI is InChI=1S/C19H21FN2O/c20-16-6-8-17(9-7-16)21-19(23)14-15-4-10-18(11-5-15)22-12-2-1-3-13-22/h4-11H,1-3,12-14H2,(H,21,23). The minimum atomic E-state index is -0.309. The summed E-state index contributed by atoms with van der Waals surface area (Å²) in [5, 5.41) is 2.78. The van der Waals surface area contributed by atoms with Crippen LogP contribution in [0.15, 0.2) is 48.5 Å². The van der Waals surface area contributed by atoms with E-state index in [4.69, 9.17) is 0 Å². The molecule has 0 aromatic heterocycles. The number of carbonyl (C=O) groups is 1. The maximum Gasteiger partial charge on any atom is 0.228 e. The molecule has 1 N–H and O–H groups in total. The first-order chi connectivity index (χ1) is 11.2. The highest BCUT2D eigenvalue weighted by atomic mass is 19.1. The molecule has 1 amide bonds. The Morgan fingerprint density at radius 2 is 1.61 bits per heavy atom. The Labute approximate surface area is 136 Å². The lowest BCUT2D eigenvalue weighted by atomic mass is 10.1. The molecule has 4 heteroatoms. The number of carbonyl (C=O) groups excluding carboxylic acids is 1. The van der Waals surface area contributed by atoms with E-state index in [1.165, 1.54) is 37.1 Å². The van der Waals surface area contributed by atoms with Crippen molar-refractivity contribution >= 4 is 17.3 Å². The Balaban J connectivity index is 1.57. The van der Waals surface area contributed by atoms with E-state index in [2.05, 4.69) is 22.3 Å². The van der Waals surface area contributed by atoms with Crippen LogP contribution >= 0.6 is 0 Å². The quantitative estimate of drug-likeness (QED) is 0.925. The van der Waals surface area contributed by atoms with Gasteiger partial charge in [-0.15, -0.1) is 0 Å². The van der Waals surface area contributed by atoms with Crippen molar-refractivity contribution in [2.24, 2.45) is 0 Å². The van der Waals surface area contributed by atoms with Crippen LogP contribution in [0.3, 0.4) is 0 Å². The Kier molecular flexibility index (Phi) is 4.91. The second-order valence-corrected chi connectivity index (χ2v) is 5.95. The third-order valence-electron chi connectivity index (χ3n) is 4.15. The van der Waals surface area contributed by atoms with Gasteiger partial charge in [0.05, 0.1) is 6.42 Å². The summed E-state index contributed by atoms with van der Waals surface area (Å²) in [5.41, 5.74) is 2.82. The highest BCUT2D eigenvalue weighted by molar-refractivity contribution is 5.92. The van der Waals surface area contributed by atoms with Gasteiger partial charge in [0.15, 0.2) is 0 Å². The number of hydrogen-bond acceptors (Lipinski definition) is 2. The second kappa shape index (κ2) is 7.27. The van der Waals surface area contributed by atoms with Crippen LogP contribution in [0, 0.1) is 5.82 Å². The van der Waals surface area contributed by atoms with Crippen LogP contribution in [-0.2, 0) is 11.2 Å². The molecular formula is C19H21FN2O. The number of rotatable bonds is 4. The van der Waals surface area contributed by atoms with Crippen molar-refractivity contribution in [3.05, 3.63) is 59.9 Å². The van der Waals surface area contributed by atoms with Crippen LogP contribution in [-0.4, -0.2) is 19.0 Å². The molecule has 0 atom stereocenters. The number of nitrogens with one attached hydrogen (secondary N) is 1. The molecule has 3 nitrogen and oxygen atoms in total. The van der Waals surface area contributed by atoms with Crippen molar-refractivity contribution in [3.63, 3.8) is 0 Å². The largest absolute Gasteiger partial charge is 0.372 e. The molecule has 0 spiro atoms. The molecule has 0 bridgehead atoms. The highest BCUT2D eigenvalue weighted by Crippen LogP contribution is 2.20. The summed E-state index contributed by atoms with van der Waals surface area (Å²) in [7, 11) is 0. The van der Waals surface area contributed by atoms with Gasteiger partial charge in [-0.2, -0.15) is 0 Å². The summed E-state index contributed by atoms with van der Waals surface area (Å²) in [4.78, 5) is 14.4. The van der Waals surface area contributed by atoms with Gasteiger partial charge >= 0.3 is 0 Å². The van der Waals surface area contributed by atoms with E-state index in [-0.39, 0.29) is 11.7 Å². The normalized spacial score (nSPS) is 14.6. The number of piperidine rings is 1. The van der Waals surface area contributed by atoms with E-state index < -0.39 is 0 Å². The summed E-state index contributed by atoms with van der Waals surface area (Å²) in [6.45, 7) is 2.23. The molecule has 1 aliphatic rings. The van der Waals surface area contributed by atoms with Gasteiger partial charge in [-0.1, -0.05) is 12.1 Å². The SMILES string of the molecule is O=C(Cc1ccc(N2CCCCC2)cc1)Nc1ccc(F)cc1. The van der Waals surface area contributed by atoms with Crippen LogP contribution < -0.4 is 10.2 Å². The lowest BCUT2D eigenvalue weighted by Gasteiger charge is -2.28. The number of amides is 1. The van der Waals surface area contributed by atoms with Gasteiger partial charge in [0.2, 0.25) is 5.91 Å². The maximum atomic E-state index is 12.8. The zero-order chi connectivity index (χ0) is 16.1. The smallest absolute Gasteiger partial charge is 0.228 e. The van der Waals surface area contributed by atoms with Gasteiger partial charge in [0.1, 0.15) is 5.82 Å². The summed E-state index contributed by atoms with van der Waals surface area (Å²) in [6.07, 6.45) is 4.14. The summed E-state index contributed by atoms with van der Waals surface area (Å²) in [6, 6.07) is 14.0. The minimum absolute atomic E-state index is 0.0951. The van der Waals surface area contributed by atoms with Crippen molar-refractivity contribution in [2.75, 3.05) is 23.3 Å². The third kappa shape index (κ3) is 4.31. The molecule has 3 rings (SSSR count). The van der Waals surface area contributed by atoms with Crippen molar-refractivity contribution in [1.82, 2.24) is 0 Å². The van der Waals surface area contributed by atoms with Gasteiger partial charge in [0.25, 0.3) is 0 Å². The Hall–Kier alpha value is -2.36. The molecule has 1 fully saturated rings. The van der Waals surface area contributed by atoms with Crippen LogP contribution in [0.2, 0.25) is 0 Å². The van der Waals surface area contributed by atoms with Crippen molar-refractivity contribution < 1.29 is 9.18 Å².